The van der Waals surface area contributed by atoms with Gasteiger partial charge in [-0.15, -0.1) is 0 Å². The molecule has 6 nitrogen and oxygen atoms in total. The second-order valence-corrected chi connectivity index (χ2v) is 7.15. The summed E-state index contributed by atoms with van der Waals surface area (Å²) in [4.78, 5) is 36.2. The predicted molar refractivity (Wildman–Crippen MR) is 122 cm³/mol. The van der Waals surface area contributed by atoms with Gasteiger partial charge in [0, 0.05) is 29.6 Å². The quantitative estimate of drug-likeness (QED) is 0.494. The number of carbonyl (C=O) groups is 3. The summed E-state index contributed by atoms with van der Waals surface area (Å²) >= 11 is 0. The molecule has 160 valence electrons. The molecule has 0 fully saturated rings. The predicted octanol–water partition coefficient (Wildman–Crippen LogP) is 4.69. The largest absolute Gasteiger partial charge is 0.456 e. The highest BCUT2D eigenvalue weighted by molar-refractivity contribution is 6.02. The van der Waals surface area contributed by atoms with Crippen LogP contribution in [0.25, 0.3) is 10.8 Å². The van der Waals surface area contributed by atoms with Gasteiger partial charge >= 0.3 is 5.97 Å². The molecule has 0 heterocycles. The number of nitrogens with one attached hydrogen (secondary N) is 2. The molecule has 2 amide bonds. The van der Waals surface area contributed by atoms with E-state index in [1.54, 1.807) is 6.07 Å². The van der Waals surface area contributed by atoms with Gasteiger partial charge in [-0.05, 0) is 35.9 Å². The van der Waals surface area contributed by atoms with Crippen molar-refractivity contribution in [2.24, 2.45) is 0 Å². The number of para-hydroxylation sites is 1. The number of hydrogen-bond acceptors (Lipinski definition) is 4. The first kappa shape index (κ1) is 22.0. The summed E-state index contributed by atoms with van der Waals surface area (Å²) in [5.41, 5.74) is 2.53. The van der Waals surface area contributed by atoms with Gasteiger partial charge in [0.25, 0.3) is 5.91 Å². The van der Waals surface area contributed by atoms with Gasteiger partial charge in [-0.2, -0.15) is 0 Å². The number of carbonyl (C=O) groups excluding carboxylic acids is 3. The Labute approximate surface area is 181 Å². The first-order valence-corrected chi connectivity index (χ1v) is 10.4. The van der Waals surface area contributed by atoms with Crippen molar-refractivity contribution < 1.29 is 19.1 Å². The Morgan fingerprint density at radius 1 is 0.774 bits per heavy atom. The summed E-state index contributed by atoms with van der Waals surface area (Å²) < 4.78 is 5.04. The molecule has 0 aromatic heterocycles. The van der Waals surface area contributed by atoms with Crippen molar-refractivity contribution in [1.82, 2.24) is 0 Å². The Morgan fingerprint density at radius 2 is 1.45 bits per heavy atom. The van der Waals surface area contributed by atoms with Crippen LogP contribution in [0.4, 0.5) is 11.4 Å². The van der Waals surface area contributed by atoms with Crippen LogP contribution in [0, 0.1) is 0 Å². The standard InChI is InChI=1S/C25H26N2O4/c1-2-18-9-4-6-13-21(18)26-23(28)15-8-16-25(30)31-17-24(29)27-22-14-7-11-19-10-3-5-12-20(19)22/h3-7,9-14H,2,8,15-17H2,1H3,(H,26,28)(H,27,29). The first-order valence-electron chi connectivity index (χ1n) is 10.4. The van der Waals surface area contributed by atoms with Crippen LogP contribution in [0.2, 0.25) is 0 Å². The van der Waals surface area contributed by atoms with Crippen LogP contribution in [0.5, 0.6) is 0 Å². The Morgan fingerprint density at radius 3 is 2.29 bits per heavy atom. The maximum Gasteiger partial charge on any atom is 0.306 e. The van der Waals surface area contributed by atoms with E-state index in [0.29, 0.717) is 12.1 Å². The molecule has 0 unspecified atom stereocenters. The monoisotopic (exact) mass is 418 g/mol. The van der Waals surface area contributed by atoms with E-state index in [0.717, 1.165) is 28.4 Å². The molecule has 0 aliphatic carbocycles. The van der Waals surface area contributed by atoms with Crippen LogP contribution >= 0.6 is 0 Å². The number of aryl methyl sites for hydroxylation is 1. The highest BCUT2D eigenvalue weighted by Crippen LogP contribution is 2.22. The normalized spacial score (nSPS) is 10.5. The molecule has 3 aromatic carbocycles. The molecular formula is C25H26N2O4. The van der Waals surface area contributed by atoms with Crippen molar-refractivity contribution in [1.29, 1.82) is 0 Å². The average molecular weight is 418 g/mol. The summed E-state index contributed by atoms with van der Waals surface area (Å²) in [7, 11) is 0. The molecule has 0 spiro atoms. The topological polar surface area (TPSA) is 84.5 Å². The molecule has 31 heavy (non-hydrogen) atoms. The van der Waals surface area contributed by atoms with Crippen molar-refractivity contribution in [2.75, 3.05) is 17.2 Å². The Kier molecular flexibility index (Phi) is 7.76. The second kappa shape index (κ2) is 10.9. The van der Waals surface area contributed by atoms with Crippen molar-refractivity contribution >= 4 is 39.9 Å². The van der Waals surface area contributed by atoms with E-state index in [9.17, 15) is 14.4 Å². The molecule has 0 atom stereocenters. The van der Waals surface area contributed by atoms with Gasteiger partial charge in [0.2, 0.25) is 5.91 Å². The zero-order chi connectivity index (χ0) is 22.1. The fraction of sp³-hybridized carbons (Fsp3) is 0.240. The minimum absolute atomic E-state index is 0.0738. The molecule has 2 N–H and O–H groups in total. The number of anilines is 2. The third kappa shape index (κ3) is 6.40. The molecule has 6 heteroatoms. The molecule has 0 saturated carbocycles. The third-order valence-corrected chi connectivity index (χ3v) is 4.89. The van der Waals surface area contributed by atoms with E-state index in [1.165, 1.54) is 0 Å². The number of esters is 1. The van der Waals surface area contributed by atoms with Crippen LogP contribution in [-0.4, -0.2) is 24.4 Å². The van der Waals surface area contributed by atoms with E-state index < -0.39 is 11.9 Å². The first-order chi connectivity index (χ1) is 15.1. The van der Waals surface area contributed by atoms with Crippen molar-refractivity contribution in [2.45, 2.75) is 32.6 Å². The number of ether oxygens (including phenoxy) is 1. The lowest BCUT2D eigenvalue weighted by atomic mass is 10.1. The van der Waals surface area contributed by atoms with Gasteiger partial charge in [0.15, 0.2) is 6.61 Å². The smallest absolute Gasteiger partial charge is 0.306 e. The average Bonchev–Trinajstić information content (AvgIpc) is 2.78. The molecule has 3 aromatic rings. The van der Waals surface area contributed by atoms with Gasteiger partial charge in [-0.1, -0.05) is 61.5 Å². The fourth-order valence-electron chi connectivity index (χ4n) is 3.30. The number of amides is 2. The van der Waals surface area contributed by atoms with E-state index in [1.807, 2.05) is 67.6 Å². The molecule has 0 saturated heterocycles. The van der Waals surface area contributed by atoms with Crippen LogP contribution in [0.15, 0.2) is 66.7 Å². The van der Waals surface area contributed by atoms with Gasteiger partial charge in [-0.3, -0.25) is 14.4 Å². The number of benzene rings is 3. The Balaban J connectivity index is 1.39. The number of hydrogen-bond donors (Lipinski definition) is 2. The molecule has 0 bridgehead atoms. The lowest BCUT2D eigenvalue weighted by Crippen LogP contribution is -2.21. The Hall–Kier alpha value is -3.67. The maximum absolute atomic E-state index is 12.2. The van der Waals surface area contributed by atoms with Crippen molar-refractivity contribution in [3.63, 3.8) is 0 Å². The highest BCUT2D eigenvalue weighted by atomic mass is 16.5. The van der Waals surface area contributed by atoms with Crippen LogP contribution < -0.4 is 10.6 Å². The second-order valence-electron chi connectivity index (χ2n) is 7.15. The van der Waals surface area contributed by atoms with Gasteiger partial charge in [0.1, 0.15) is 0 Å². The fourth-order valence-corrected chi connectivity index (χ4v) is 3.30. The number of fused-ring (bicyclic) bond motifs is 1. The zero-order valence-electron chi connectivity index (χ0n) is 17.5. The lowest BCUT2D eigenvalue weighted by molar-refractivity contribution is -0.147. The number of rotatable bonds is 9. The van der Waals surface area contributed by atoms with Crippen LogP contribution in [0.1, 0.15) is 31.7 Å². The summed E-state index contributed by atoms with van der Waals surface area (Å²) in [5.74, 6) is -1.06. The third-order valence-electron chi connectivity index (χ3n) is 4.89. The molecule has 0 aliphatic heterocycles. The molecular weight excluding hydrogens is 392 g/mol. The summed E-state index contributed by atoms with van der Waals surface area (Å²) in [6, 6.07) is 21.0. The summed E-state index contributed by atoms with van der Waals surface area (Å²) in [6.45, 7) is 1.66. The van der Waals surface area contributed by atoms with Gasteiger partial charge < -0.3 is 15.4 Å². The highest BCUT2D eigenvalue weighted by Gasteiger charge is 2.11. The van der Waals surface area contributed by atoms with E-state index in [-0.39, 0.29) is 25.4 Å². The van der Waals surface area contributed by atoms with Gasteiger partial charge in [-0.25, -0.2) is 0 Å². The maximum atomic E-state index is 12.2. The van der Waals surface area contributed by atoms with Gasteiger partial charge in [0.05, 0.1) is 0 Å². The summed E-state index contributed by atoms with van der Waals surface area (Å²) in [5, 5.41) is 7.57. The van der Waals surface area contributed by atoms with Crippen molar-refractivity contribution in [3.8, 4) is 0 Å². The van der Waals surface area contributed by atoms with Crippen LogP contribution in [0.3, 0.4) is 0 Å². The SMILES string of the molecule is CCc1ccccc1NC(=O)CCCC(=O)OCC(=O)Nc1cccc2ccccc12. The molecule has 0 aliphatic rings. The minimum atomic E-state index is -0.505. The van der Waals surface area contributed by atoms with E-state index in [4.69, 9.17) is 4.74 Å². The van der Waals surface area contributed by atoms with E-state index >= 15 is 0 Å². The molecule has 3 rings (SSSR count). The summed E-state index contributed by atoms with van der Waals surface area (Å²) in [6.07, 6.45) is 1.45. The Bertz CT molecular complexity index is 1070. The van der Waals surface area contributed by atoms with Crippen molar-refractivity contribution in [3.05, 3.63) is 72.3 Å². The minimum Gasteiger partial charge on any atom is -0.456 e. The molecule has 0 radical (unpaired) electrons. The van der Waals surface area contributed by atoms with Crippen LogP contribution in [-0.2, 0) is 25.5 Å². The van der Waals surface area contributed by atoms with E-state index in [2.05, 4.69) is 10.6 Å². The zero-order valence-corrected chi connectivity index (χ0v) is 17.5. The lowest BCUT2D eigenvalue weighted by Gasteiger charge is -2.10.